The Morgan fingerprint density at radius 2 is 2.18 bits per heavy atom. The third-order valence-corrected chi connectivity index (χ3v) is 5.44. The maximum atomic E-state index is 12.4. The van der Waals surface area contributed by atoms with E-state index in [-0.39, 0.29) is 10.9 Å². The van der Waals surface area contributed by atoms with E-state index in [2.05, 4.69) is 0 Å². The molecule has 1 aliphatic rings. The summed E-state index contributed by atoms with van der Waals surface area (Å²) in [6.07, 6.45) is 0.707. The summed E-state index contributed by atoms with van der Waals surface area (Å²) < 4.78 is 26.2. The van der Waals surface area contributed by atoms with Crippen molar-refractivity contribution in [3.63, 3.8) is 0 Å². The molecular formula is C11H15ClN2O2S. The van der Waals surface area contributed by atoms with Gasteiger partial charge in [0.2, 0.25) is 10.0 Å². The minimum Gasteiger partial charge on any atom is -0.326 e. The number of rotatable bonds is 2. The molecule has 1 heterocycles. The van der Waals surface area contributed by atoms with Crippen LogP contribution in [0.3, 0.4) is 0 Å². The van der Waals surface area contributed by atoms with Gasteiger partial charge in [0.15, 0.2) is 0 Å². The van der Waals surface area contributed by atoms with Gasteiger partial charge in [-0.15, -0.1) is 0 Å². The van der Waals surface area contributed by atoms with E-state index in [1.54, 1.807) is 25.1 Å². The van der Waals surface area contributed by atoms with Crippen molar-refractivity contribution in [2.45, 2.75) is 24.3 Å². The lowest BCUT2D eigenvalue weighted by molar-refractivity contribution is 0.472. The molecule has 0 spiro atoms. The Bertz CT molecular complexity index is 530. The van der Waals surface area contributed by atoms with Gasteiger partial charge in [0, 0.05) is 24.2 Å². The van der Waals surface area contributed by atoms with E-state index in [1.807, 2.05) is 0 Å². The Kier molecular flexibility index (Phi) is 3.45. The smallest absolute Gasteiger partial charge is 0.243 e. The molecule has 1 aliphatic heterocycles. The van der Waals surface area contributed by atoms with Crippen LogP contribution < -0.4 is 5.73 Å². The van der Waals surface area contributed by atoms with Gasteiger partial charge in [0.25, 0.3) is 0 Å². The Morgan fingerprint density at radius 3 is 2.76 bits per heavy atom. The fourth-order valence-corrected chi connectivity index (χ4v) is 3.97. The highest BCUT2D eigenvalue weighted by Gasteiger charge is 2.32. The second kappa shape index (κ2) is 4.57. The van der Waals surface area contributed by atoms with Crippen LogP contribution in [0.4, 0.5) is 0 Å². The normalized spacial score (nSPS) is 21.9. The molecule has 6 heteroatoms. The number of halogens is 1. The molecule has 1 saturated heterocycles. The molecule has 0 amide bonds. The van der Waals surface area contributed by atoms with Crippen molar-refractivity contribution in [1.29, 1.82) is 0 Å². The predicted octanol–water partition coefficient (Wildman–Crippen LogP) is 1.37. The summed E-state index contributed by atoms with van der Waals surface area (Å²) in [4.78, 5) is 0.277. The van der Waals surface area contributed by atoms with E-state index in [4.69, 9.17) is 17.3 Å². The highest BCUT2D eigenvalue weighted by Crippen LogP contribution is 2.27. The van der Waals surface area contributed by atoms with E-state index in [0.717, 1.165) is 0 Å². The average Bonchev–Trinajstić information content (AvgIpc) is 2.69. The summed E-state index contributed by atoms with van der Waals surface area (Å²) in [5.74, 6) is 0. The van der Waals surface area contributed by atoms with Crippen molar-refractivity contribution in [3.05, 3.63) is 28.8 Å². The minimum atomic E-state index is -3.46. The quantitative estimate of drug-likeness (QED) is 0.886. The van der Waals surface area contributed by atoms with Crippen LogP contribution in [0.1, 0.15) is 12.0 Å². The van der Waals surface area contributed by atoms with Crippen LogP contribution in [0.2, 0.25) is 5.02 Å². The van der Waals surface area contributed by atoms with Crippen molar-refractivity contribution in [2.75, 3.05) is 13.1 Å². The minimum absolute atomic E-state index is 0.0655. The molecule has 2 N–H and O–H groups in total. The number of sulfonamides is 1. The van der Waals surface area contributed by atoms with Gasteiger partial charge in [-0.3, -0.25) is 0 Å². The first-order valence-corrected chi connectivity index (χ1v) is 7.25. The zero-order chi connectivity index (χ0) is 12.6. The Hall–Kier alpha value is -0.620. The van der Waals surface area contributed by atoms with Gasteiger partial charge in [-0.2, -0.15) is 4.31 Å². The van der Waals surface area contributed by atoms with Gasteiger partial charge >= 0.3 is 0 Å². The third kappa shape index (κ3) is 2.33. The predicted molar refractivity (Wildman–Crippen MR) is 67.5 cm³/mol. The molecule has 1 unspecified atom stereocenters. The third-order valence-electron chi connectivity index (χ3n) is 3.02. The Morgan fingerprint density at radius 1 is 1.47 bits per heavy atom. The second-order valence-corrected chi connectivity index (χ2v) is 6.59. The average molecular weight is 275 g/mol. The fraction of sp³-hybridized carbons (Fsp3) is 0.455. The molecule has 0 saturated carbocycles. The molecule has 0 aromatic heterocycles. The zero-order valence-electron chi connectivity index (χ0n) is 9.56. The lowest BCUT2D eigenvalue weighted by Crippen LogP contribution is -2.32. The standard InChI is InChI=1S/C11H15ClN2O2S/c1-8-10(12)3-2-4-11(8)17(15,16)14-6-5-9(13)7-14/h2-4,9H,5-7,13H2,1H3. The second-order valence-electron chi connectivity index (χ2n) is 4.27. The summed E-state index contributed by atoms with van der Waals surface area (Å²) >= 11 is 5.95. The molecule has 1 fully saturated rings. The topological polar surface area (TPSA) is 63.4 Å². The van der Waals surface area contributed by atoms with E-state index in [1.165, 1.54) is 4.31 Å². The summed E-state index contributed by atoms with van der Waals surface area (Å²) in [7, 11) is -3.46. The monoisotopic (exact) mass is 274 g/mol. The molecule has 0 aliphatic carbocycles. The van der Waals surface area contributed by atoms with Crippen molar-refractivity contribution in [1.82, 2.24) is 4.31 Å². The highest BCUT2D eigenvalue weighted by atomic mass is 35.5. The Balaban J connectivity index is 2.42. The molecular weight excluding hydrogens is 260 g/mol. The molecule has 94 valence electrons. The number of nitrogens with two attached hydrogens (primary N) is 1. The summed E-state index contributed by atoms with van der Waals surface area (Å²) in [6.45, 7) is 2.58. The first-order chi connectivity index (χ1) is 7.93. The maximum absolute atomic E-state index is 12.4. The largest absolute Gasteiger partial charge is 0.326 e. The summed E-state index contributed by atoms with van der Waals surface area (Å²) in [5, 5.41) is 0.467. The number of hydrogen-bond donors (Lipinski definition) is 1. The lowest BCUT2D eigenvalue weighted by Gasteiger charge is -2.17. The van der Waals surface area contributed by atoms with E-state index in [9.17, 15) is 8.42 Å². The van der Waals surface area contributed by atoms with Gasteiger partial charge < -0.3 is 5.73 Å². The molecule has 2 rings (SSSR count). The number of hydrogen-bond acceptors (Lipinski definition) is 3. The first-order valence-electron chi connectivity index (χ1n) is 5.44. The van der Waals surface area contributed by atoms with Gasteiger partial charge in [-0.25, -0.2) is 8.42 Å². The zero-order valence-corrected chi connectivity index (χ0v) is 11.1. The van der Waals surface area contributed by atoms with Crippen LogP contribution in [0.25, 0.3) is 0 Å². The van der Waals surface area contributed by atoms with Crippen molar-refractivity contribution in [3.8, 4) is 0 Å². The molecule has 0 radical (unpaired) electrons. The fourth-order valence-electron chi connectivity index (χ4n) is 1.98. The van der Waals surface area contributed by atoms with Crippen LogP contribution in [0.15, 0.2) is 23.1 Å². The molecule has 1 aromatic rings. The van der Waals surface area contributed by atoms with Crippen LogP contribution in [-0.4, -0.2) is 31.9 Å². The molecule has 4 nitrogen and oxygen atoms in total. The Labute approximate surface area is 106 Å². The van der Waals surface area contributed by atoms with Crippen LogP contribution in [0.5, 0.6) is 0 Å². The number of nitrogens with zero attached hydrogens (tertiary/aromatic N) is 1. The maximum Gasteiger partial charge on any atom is 0.243 e. The molecule has 1 aromatic carbocycles. The summed E-state index contributed by atoms with van der Waals surface area (Å²) in [5.41, 5.74) is 6.33. The van der Waals surface area contributed by atoms with E-state index < -0.39 is 10.0 Å². The molecule has 17 heavy (non-hydrogen) atoms. The van der Waals surface area contributed by atoms with Crippen LogP contribution >= 0.6 is 11.6 Å². The SMILES string of the molecule is Cc1c(Cl)cccc1S(=O)(=O)N1CCC(N)C1. The van der Waals surface area contributed by atoms with Gasteiger partial charge in [0.1, 0.15) is 0 Å². The van der Waals surface area contributed by atoms with Crippen molar-refractivity contribution >= 4 is 21.6 Å². The van der Waals surface area contributed by atoms with Crippen molar-refractivity contribution < 1.29 is 8.42 Å². The van der Waals surface area contributed by atoms with Crippen LogP contribution in [0, 0.1) is 6.92 Å². The van der Waals surface area contributed by atoms with Gasteiger partial charge in [0.05, 0.1) is 4.90 Å². The summed E-state index contributed by atoms with van der Waals surface area (Å²) in [6, 6.07) is 4.86. The highest BCUT2D eigenvalue weighted by molar-refractivity contribution is 7.89. The van der Waals surface area contributed by atoms with Crippen LogP contribution in [-0.2, 0) is 10.0 Å². The molecule has 1 atom stereocenters. The molecule has 0 bridgehead atoms. The van der Waals surface area contributed by atoms with Gasteiger partial charge in [-0.05, 0) is 31.0 Å². The first kappa shape index (κ1) is 12.8. The number of benzene rings is 1. The van der Waals surface area contributed by atoms with Crippen molar-refractivity contribution in [2.24, 2.45) is 5.73 Å². The van der Waals surface area contributed by atoms with Gasteiger partial charge in [-0.1, -0.05) is 17.7 Å². The van der Waals surface area contributed by atoms with E-state index >= 15 is 0 Å². The lowest BCUT2D eigenvalue weighted by atomic mass is 10.2. The van der Waals surface area contributed by atoms with E-state index in [0.29, 0.717) is 30.1 Å².